The molecule has 0 saturated carbocycles. The van der Waals surface area contributed by atoms with E-state index in [9.17, 15) is 4.57 Å². The van der Waals surface area contributed by atoms with Crippen LogP contribution in [-0.2, 0) is 9.30 Å². The van der Waals surface area contributed by atoms with Gasteiger partial charge in [-0.15, -0.1) is 0 Å². The molecule has 1 saturated heterocycles. The molecule has 0 aliphatic carbocycles. The number of hydrogen-bond donors (Lipinski definition) is 3. The molecule has 1 aliphatic rings. The molecule has 2 aromatic rings. The zero-order chi connectivity index (χ0) is 19.4. The van der Waals surface area contributed by atoms with Gasteiger partial charge in [0.1, 0.15) is 23.4 Å². The molecule has 0 radical (unpaired) electrons. The largest absolute Gasteiger partial charge is 0.494 e. The van der Waals surface area contributed by atoms with Crippen molar-refractivity contribution in [2.24, 2.45) is 5.92 Å². The summed E-state index contributed by atoms with van der Waals surface area (Å²) in [4.78, 5) is 29.2. The van der Waals surface area contributed by atoms with Crippen LogP contribution >= 0.6 is 7.60 Å². The predicted octanol–water partition coefficient (Wildman–Crippen LogP) is 1.37. The minimum absolute atomic E-state index is 0.171. The van der Waals surface area contributed by atoms with Gasteiger partial charge in [0.15, 0.2) is 5.85 Å². The number of ether oxygens (including phenoxy) is 2. The first-order valence-corrected chi connectivity index (χ1v) is 10.4. The van der Waals surface area contributed by atoms with Crippen molar-refractivity contribution in [3.05, 3.63) is 24.5 Å². The van der Waals surface area contributed by atoms with Crippen molar-refractivity contribution < 1.29 is 28.9 Å². The lowest BCUT2D eigenvalue weighted by Gasteiger charge is -2.33. The maximum Gasteiger partial charge on any atom is 0.356 e. The van der Waals surface area contributed by atoms with E-state index in [0.29, 0.717) is 5.75 Å². The molecule has 3 N–H and O–H groups in total. The van der Waals surface area contributed by atoms with Gasteiger partial charge < -0.3 is 29.3 Å². The Morgan fingerprint density at radius 1 is 1.30 bits per heavy atom. The maximum absolute atomic E-state index is 11.2. The number of methoxy groups -OCH3 is 1. The molecule has 1 aliphatic heterocycles. The summed E-state index contributed by atoms with van der Waals surface area (Å²) >= 11 is 0. The monoisotopic (exact) mass is 397 g/mol. The van der Waals surface area contributed by atoms with Crippen LogP contribution in [0, 0.1) is 5.92 Å². The van der Waals surface area contributed by atoms with Crippen molar-refractivity contribution in [1.29, 1.82) is 0 Å². The first-order valence-electron chi connectivity index (χ1n) is 8.74. The Kier molecular flexibility index (Phi) is 6.29. The van der Waals surface area contributed by atoms with Gasteiger partial charge in [0.25, 0.3) is 0 Å². The average Bonchev–Trinajstić information content (AvgIpc) is 2.67. The number of piperidine rings is 1. The number of hydrogen-bond acceptors (Lipinski definition) is 7. The number of para-hydroxylation sites is 1. The Hall–Kier alpha value is -1.77. The first kappa shape index (κ1) is 20.0. The molecule has 148 valence electrons. The van der Waals surface area contributed by atoms with Crippen LogP contribution < -0.4 is 9.64 Å². The van der Waals surface area contributed by atoms with E-state index < -0.39 is 20.0 Å². The van der Waals surface area contributed by atoms with Gasteiger partial charge in [-0.05, 0) is 30.9 Å². The molecule has 1 fully saturated rings. The van der Waals surface area contributed by atoms with Crippen molar-refractivity contribution in [3.8, 4) is 5.75 Å². The number of fused-ring (bicyclic) bond motifs is 1. The second kappa shape index (κ2) is 8.50. The van der Waals surface area contributed by atoms with Crippen LogP contribution in [0.2, 0.25) is 0 Å². The zero-order valence-electron chi connectivity index (χ0n) is 15.1. The summed E-state index contributed by atoms with van der Waals surface area (Å²) in [5, 5.41) is 10.00. The summed E-state index contributed by atoms with van der Waals surface area (Å²) in [6.07, 6.45) is 3.13. The molecule has 3 rings (SSSR count). The highest BCUT2D eigenvalue weighted by Gasteiger charge is 2.30. The third-order valence-electron chi connectivity index (χ3n) is 4.80. The number of aliphatic hydroxyl groups excluding tert-OH is 1. The van der Waals surface area contributed by atoms with Gasteiger partial charge in [0.05, 0.1) is 20.3 Å². The highest BCUT2D eigenvalue weighted by atomic mass is 31.2. The molecule has 2 heterocycles. The van der Waals surface area contributed by atoms with E-state index in [2.05, 4.69) is 14.9 Å². The smallest absolute Gasteiger partial charge is 0.356 e. The second-order valence-corrected chi connectivity index (χ2v) is 8.30. The van der Waals surface area contributed by atoms with E-state index in [1.54, 1.807) is 7.11 Å². The molecular weight excluding hydrogens is 373 g/mol. The molecule has 1 aromatic carbocycles. The van der Waals surface area contributed by atoms with Gasteiger partial charge in [-0.3, -0.25) is 4.57 Å². The standard InChI is InChI=1S/C17H24N3O6P/c1-25-14-4-2-3-13-16(14)18-11-19-17(13)20-7-5-12(6-8-20)10-26-15(9-21)27(22,23)24/h2-4,11-12,15,21H,5-10H2,1H3,(H2,22,23,24). The normalized spacial score (nSPS) is 17.3. The molecule has 1 unspecified atom stereocenters. The minimum atomic E-state index is -4.45. The Morgan fingerprint density at radius 2 is 2.04 bits per heavy atom. The zero-order valence-corrected chi connectivity index (χ0v) is 16.0. The molecule has 0 bridgehead atoms. The van der Waals surface area contributed by atoms with Crippen LogP contribution in [0.5, 0.6) is 5.75 Å². The molecule has 9 nitrogen and oxygen atoms in total. The van der Waals surface area contributed by atoms with Gasteiger partial charge in [0, 0.05) is 18.5 Å². The number of anilines is 1. The lowest BCUT2D eigenvalue weighted by molar-refractivity contribution is 0.0221. The molecular formula is C17H24N3O6P. The average molecular weight is 397 g/mol. The van der Waals surface area contributed by atoms with E-state index in [1.807, 2.05) is 18.2 Å². The van der Waals surface area contributed by atoms with Crippen molar-refractivity contribution in [3.63, 3.8) is 0 Å². The molecule has 27 heavy (non-hydrogen) atoms. The molecule has 0 spiro atoms. The van der Waals surface area contributed by atoms with Gasteiger partial charge >= 0.3 is 7.60 Å². The van der Waals surface area contributed by atoms with Crippen LogP contribution in [0.15, 0.2) is 24.5 Å². The molecule has 1 atom stereocenters. The first-order chi connectivity index (χ1) is 12.9. The number of benzene rings is 1. The van der Waals surface area contributed by atoms with Crippen LogP contribution in [0.1, 0.15) is 12.8 Å². The third kappa shape index (κ3) is 4.56. The highest BCUT2D eigenvalue weighted by molar-refractivity contribution is 7.52. The molecule has 10 heteroatoms. The topological polar surface area (TPSA) is 125 Å². The molecule has 1 aromatic heterocycles. The van der Waals surface area contributed by atoms with E-state index >= 15 is 0 Å². The number of nitrogens with zero attached hydrogens (tertiary/aromatic N) is 3. The van der Waals surface area contributed by atoms with E-state index in [-0.39, 0.29) is 12.5 Å². The summed E-state index contributed by atoms with van der Waals surface area (Å²) in [5.74, 6) is 0.270. The summed E-state index contributed by atoms with van der Waals surface area (Å²) in [5.41, 5.74) is 0.767. The highest BCUT2D eigenvalue weighted by Crippen LogP contribution is 2.42. The van der Waals surface area contributed by atoms with Gasteiger partial charge in [-0.1, -0.05) is 6.07 Å². The summed E-state index contributed by atoms with van der Waals surface area (Å²) in [6.45, 7) is 1.01. The summed E-state index contributed by atoms with van der Waals surface area (Å²) in [7, 11) is -2.84. The van der Waals surface area contributed by atoms with E-state index in [1.165, 1.54) is 6.33 Å². The Labute approximate surface area is 157 Å². The second-order valence-electron chi connectivity index (χ2n) is 6.54. The fraction of sp³-hybridized carbons (Fsp3) is 0.529. The van der Waals surface area contributed by atoms with Crippen LogP contribution in [0.25, 0.3) is 10.9 Å². The fourth-order valence-corrected chi connectivity index (χ4v) is 3.77. The van der Waals surface area contributed by atoms with E-state index in [4.69, 9.17) is 24.4 Å². The van der Waals surface area contributed by atoms with Crippen molar-refractivity contribution in [2.75, 3.05) is 38.3 Å². The quantitative estimate of drug-likeness (QED) is 0.594. The Bertz CT molecular complexity index is 821. The molecule has 0 amide bonds. The van der Waals surface area contributed by atoms with Crippen LogP contribution in [0.3, 0.4) is 0 Å². The lowest BCUT2D eigenvalue weighted by Crippen LogP contribution is -2.36. The summed E-state index contributed by atoms with van der Waals surface area (Å²) in [6, 6.07) is 5.74. The number of aromatic nitrogens is 2. The van der Waals surface area contributed by atoms with Crippen LogP contribution in [0.4, 0.5) is 5.82 Å². The van der Waals surface area contributed by atoms with Crippen molar-refractivity contribution in [1.82, 2.24) is 9.97 Å². The summed E-state index contributed by atoms with van der Waals surface area (Å²) < 4.78 is 21.9. The van der Waals surface area contributed by atoms with Gasteiger partial charge in [-0.2, -0.15) is 0 Å². The third-order valence-corrected chi connectivity index (χ3v) is 5.86. The Morgan fingerprint density at radius 3 is 2.67 bits per heavy atom. The Balaban J connectivity index is 1.65. The van der Waals surface area contributed by atoms with Gasteiger partial charge in [0.2, 0.25) is 0 Å². The van der Waals surface area contributed by atoms with Crippen molar-refractivity contribution >= 4 is 24.3 Å². The number of rotatable bonds is 7. The van der Waals surface area contributed by atoms with E-state index in [0.717, 1.165) is 42.7 Å². The predicted molar refractivity (Wildman–Crippen MR) is 99.9 cm³/mol. The van der Waals surface area contributed by atoms with Crippen LogP contribution in [-0.4, -0.2) is 64.1 Å². The minimum Gasteiger partial charge on any atom is -0.494 e. The van der Waals surface area contributed by atoms with Gasteiger partial charge in [-0.25, -0.2) is 9.97 Å². The number of aliphatic hydroxyl groups is 1. The lowest BCUT2D eigenvalue weighted by atomic mass is 9.97. The van der Waals surface area contributed by atoms with Crippen molar-refractivity contribution in [2.45, 2.75) is 18.7 Å². The fourth-order valence-electron chi connectivity index (χ4n) is 3.28. The maximum atomic E-state index is 11.2. The SMILES string of the molecule is COc1cccc2c(N3CCC(COC(CO)P(=O)(O)O)CC3)ncnc12.